The van der Waals surface area contributed by atoms with Crippen molar-refractivity contribution in [3.63, 3.8) is 0 Å². The van der Waals surface area contributed by atoms with Crippen LogP contribution in [0.1, 0.15) is 25.8 Å². The van der Waals surface area contributed by atoms with E-state index in [1.54, 1.807) is 6.07 Å². The third kappa shape index (κ3) is 3.66. The average molecular weight is 302 g/mol. The number of rotatable bonds is 5. The normalized spacial score (nSPS) is 11.3. The minimum atomic E-state index is -0.505. The van der Waals surface area contributed by atoms with E-state index in [-0.39, 0.29) is 12.3 Å². The van der Waals surface area contributed by atoms with E-state index >= 15 is 0 Å². The van der Waals surface area contributed by atoms with Crippen LogP contribution in [-0.2, 0) is 4.79 Å². The second-order valence-electron chi connectivity index (χ2n) is 5.59. The van der Waals surface area contributed by atoms with Gasteiger partial charge in [0.05, 0.1) is 5.52 Å². The summed E-state index contributed by atoms with van der Waals surface area (Å²) in [5.74, 6) is 0.241. The number of hydrogen-bond acceptors (Lipinski definition) is 4. The maximum Gasteiger partial charge on any atom is 0.219 e. The van der Waals surface area contributed by atoms with Crippen LogP contribution in [0.5, 0.6) is 0 Å². The van der Waals surface area contributed by atoms with Crippen LogP contribution in [0, 0.1) is 0 Å². The van der Waals surface area contributed by atoms with Crippen molar-refractivity contribution in [2.75, 3.05) is 5.32 Å². The Balaban J connectivity index is 2.46. The number of hydrogen-bond donors (Lipinski definition) is 3. The molecular formula is C15H18N4OS. The minimum absolute atomic E-state index is 0.198. The number of carbonyl (C=O) groups excluding carboxylic acids is 1. The molecule has 21 heavy (non-hydrogen) atoms. The summed E-state index contributed by atoms with van der Waals surface area (Å²) in [5, 5.41) is 4.12. The van der Waals surface area contributed by atoms with Gasteiger partial charge >= 0.3 is 0 Å². The van der Waals surface area contributed by atoms with Crippen LogP contribution in [0.3, 0.4) is 0 Å². The molecular weight excluding hydrogens is 284 g/mol. The fourth-order valence-corrected chi connectivity index (χ4v) is 2.44. The second kappa shape index (κ2) is 5.65. The standard InChI is InChI=1S/C15H18N4OS/c1-15(2,8-12(16)20)19-13-7-10(14(17)21)9-5-3-4-6-11(9)18-13/h3-7H,8H2,1-2H3,(H2,16,20)(H2,17,21)(H,18,19). The Labute approximate surface area is 128 Å². The highest BCUT2D eigenvalue weighted by atomic mass is 32.1. The number of pyridine rings is 1. The number of thiocarbonyl (C=S) groups is 1. The van der Waals surface area contributed by atoms with Gasteiger partial charge < -0.3 is 16.8 Å². The zero-order chi connectivity index (χ0) is 15.6. The molecule has 0 saturated carbocycles. The molecule has 6 heteroatoms. The highest BCUT2D eigenvalue weighted by Gasteiger charge is 2.21. The lowest BCUT2D eigenvalue weighted by molar-refractivity contribution is -0.118. The summed E-state index contributed by atoms with van der Waals surface area (Å²) in [6.07, 6.45) is 0.198. The fourth-order valence-electron chi connectivity index (χ4n) is 2.27. The lowest BCUT2D eigenvalue weighted by atomic mass is 10.00. The number of fused-ring (bicyclic) bond motifs is 1. The first-order valence-corrected chi connectivity index (χ1v) is 6.95. The maximum absolute atomic E-state index is 11.1. The summed E-state index contributed by atoms with van der Waals surface area (Å²) in [5.41, 5.74) is 12.1. The molecule has 1 aromatic carbocycles. The lowest BCUT2D eigenvalue weighted by Crippen LogP contribution is -2.36. The van der Waals surface area contributed by atoms with Crippen molar-refractivity contribution in [3.8, 4) is 0 Å². The number of anilines is 1. The van der Waals surface area contributed by atoms with Crippen LogP contribution in [0.2, 0.25) is 0 Å². The number of nitrogens with two attached hydrogens (primary N) is 2. The Hall–Kier alpha value is -2.21. The van der Waals surface area contributed by atoms with Gasteiger partial charge in [-0.25, -0.2) is 4.98 Å². The Bertz CT molecular complexity index is 712. The van der Waals surface area contributed by atoms with Gasteiger partial charge in [0, 0.05) is 22.9 Å². The minimum Gasteiger partial charge on any atom is -0.389 e. The number of primary amides is 1. The molecule has 2 aromatic rings. The molecule has 0 saturated heterocycles. The van der Waals surface area contributed by atoms with E-state index in [1.807, 2.05) is 38.1 Å². The van der Waals surface area contributed by atoms with E-state index in [9.17, 15) is 4.79 Å². The molecule has 0 aliphatic rings. The molecule has 2 rings (SSSR count). The van der Waals surface area contributed by atoms with Crippen molar-refractivity contribution in [2.24, 2.45) is 11.5 Å². The summed E-state index contributed by atoms with van der Waals surface area (Å²) >= 11 is 5.11. The Morgan fingerprint density at radius 1 is 1.33 bits per heavy atom. The number of nitrogens with one attached hydrogen (secondary N) is 1. The third-order valence-corrected chi connectivity index (χ3v) is 3.28. The molecule has 0 bridgehead atoms. The van der Waals surface area contributed by atoms with Gasteiger partial charge in [0.1, 0.15) is 10.8 Å². The number of benzene rings is 1. The molecule has 0 unspecified atom stereocenters. The molecule has 1 aromatic heterocycles. The first kappa shape index (κ1) is 15.2. The van der Waals surface area contributed by atoms with Crippen molar-refractivity contribution in [1.82, 2.24) is 4.98 Å². The van der Waals surface area contributed by atoms with Gasteiger partial charge in [0.15, 0.2) is 0 Å². The summed E-state index contributed by atoms with van der Waals surface area (Å²) in [4.78, 5) is 16.0. The quantitative estimate of drug-likeness (QED) is 0.734. The largest absolute Gasteiger partial charge is 0.389 e. The fraction of sp³-hybridized carbons (Fsp3) is 0.267. The second-order valence-corrected chi connectivity index (χ2v) is 6.03. The van der Waals surface area contributed by atoms with Gasteiger partial charge in [-0.2, -0.15) is 0 Å². The zero-order valence-corrected chi connectivity index (χ0v) is 12.8. The summed E-state index contributed by atoms with van der Waals surface area (Å²) in [6, 6.07) is 9.43. The molecule has 0 atom stereocenters. The van der Waals surface area contributed by atoms with E-state index in [4.69, 9.17) is 23.7 Å². The molecule has 5 nitrogen and oxygen atoms in total. The number of carbonyl (C=O) groups is 1. The predicted octanol–water partition coefficient (Wildman–Crippen LogP) is 1.93. The molecule has 1 heterocycles. The molecule has 1 amide bonds. The van der Waals surface area contributed by atoms with Crippen molar-refractivity contribution in [2.45, 2.75) is 25.8 Å². The Morgan fingerprint density at radius 2 is 2.00 bits per heavy atom. The maximum atomic E-state index is 11.1. The molecule has 5 N–H and O–H groups in total. The highest BCUT2D eigenvalue weighted by molar-refractivity contribution is 7.80. The van der Waals surface area contributed by atoms with Gasteiger partial charge in [-0.3, -0.25) is 4.79 Å². The summed E-state index contributed by atoms with van der Waals surface area (Å²) in [6.45, 7) is 3.77. The number of amides is 1. The molecule has 0 spiro atoms. The van der Waals surface area contributed by atoms with Gasteiger partial charge in [-0.15, -0.1) is 0 Å². The lowest BCUT2D eigenvalue weighted by Gasteiger charge is -2.26. The zero-order valence-electron chi connectivity index (χ0n) is 12.0. The van der Waals surface area contributed by atoms with Crippen LogP contribution in [0.4, 0.5) is 5.82 Å². The molecule has 0 fully saturated rings. The van der Waals surface area contributed by atoms with Crippen molar-refractivity contribution in [1.29, 1.82) is 0 Å². The van der Waals surface area contributed by atoms with E-state index in [1.165, 1.54) is 0 Å². The number of nitrogens with zero attached hydrogens (tertiary/aromatic N) is 1. The Kier molecular flexibility index (Phi) is 4.09. The number of para-hydroxylation sites is 1. The Morgan fingerprint density at radius 3 is 2.62 bits per heavy atom. The first-order chi connectivity index (χ1) is 9.78. The van der Waals surface area contributed by atoms with Crippen LogP contribution in [0.15, 0.2) is 30.3 Å². The van der Waals surface area contributed by atoms with E-state index < -0.39 is 5.54 Å². The predicted molar refractivity (Wildman–Crippen MR) is 89.1 cm³/mol. The molecule has 0 aliphatic heterocycles. The van der Waals surface area contributed by atoms with E-state index in [2.05, 4.69) is 10.3 Å². The van der Waals surface area contributed by atoms with Crippen LogP contribution in [0.25, 0.3) is 10.9 Å². The van der Waals surface area contributed by atoms with Gasteiger partial charge in [-0.05, 0) is 26.0 Å². The summed E-state index contributed by atoms with van der Waals surface area (Å²) < 4.78 is 0. The van der Waals surface area contributed by atoms with Crippen LogP contribution in [-0.4, -0.2) is 21.4 Å². The van der Waals surface area contributed by atoms with Crippen LogP contribution < -0.4 is 16.8 Å². The molecule has 0 radical (unpaired) electrons. The van der Waals surface area contributed by atoms with E-state index in [0.29, 0.717) is 10.8 Å². The molecule has 0 aliphatic carbocycles. The monoisotopic (exact) mass is 302 g/mol. The van der Waals surface area contributed by atoms with E-state index in [0.717, 1.165) is 16.5 Å². The molecule has 110 valence electrons. The smallest absolute Gasteiger partial charge is 0.219 e. The van der Waals surface area contributed by atoms with Gasteiger partial charge in [0.2, 0.25) is 5.91 Å². The topological polar surface area (TPSA) is 94.0 Å². The van der Waals surface area contributed by atoms with Gasteiger partial charge in [-0.1, -0.05) is 30.4 Å². The highest BCUT2D eigenvalue weighted by Crippen LogP contribution is 2.23. The number of aromatic nitrogens is 1. The van der Waals surface area contributed by atoms with Crippen molar-refractivity contribution < 1.29 is 4.79 Å². The van der Waals surface area contributed by atoms with Crippen LogP contribution >= 0.6 is 12.2 Å². The SMILES string of the molecule is CC(C)(CC(N)=O)Nc1cc(C(N)=S)c2ccccc2n1. The van der Waals surface area contributed by atoms with Gasteiger partial charge in [0.25, 0.3) is 0 Å². The van der Waals surface area contributed by atoms with Crippen molar-refractivity contribution in [3.05, 3.63) is 35.9 Å². The first-order valence-electron chi connectivity index (χ1n) is 6.54. The average Bonchev–Trinajstić information content (AvgIpc) is 2.35. The summed E-state index contributed by atoms with van der Waals surface area (Å²) in [7, 11) is 0. The van der Waals surface area contributed by atoms with Crippen molar-refractivity contribution >= 4 is 39.8 Å². The third-order valence-electron chi connectivity index (χ3n) is 3.06.